The van der Waals surface area contributed by atoms with Gasteiger partial charge in [0.2, 0.25) is 0 Å². The lowest BCUT2D eigenvalue weighted by atomic mass is 9.95. The Balaban J connectivity index is 2.33. The molecule has 0 amide bonds. The third-order valence-electron chi connectivity index (χ3n) is 2.74. The number of hydrogen-bond acceptors (Lipinski definition) is 4. The van der Waals surface area contributed by atoms with Gasteiger partial charge in [0, 0.05) is 36.2 Å². The number of aliphatic hydroxyl groups is 2. The molecule has 1 aromatic carbocycles. The molecule has 0 fully saturated rings. The van der Waals surface area contributed by atoms with Gasteiger partial charge < -0.3 is 20.3 Å². The lowest BCUT2D eigenvalue weighted by Crippen LogP contribution is -2.38. The molecule has 0 aliphatic carbocycles. The molecule has 0 bridgehead atoms. The second-order valence-electron chi connectivity index (χ2n) is 5.49. The van der Waals surface area contributed by atoms with E-state index in [4.69, 9.17) is 33.0 Å². The zero-order chi connectivity index (χ0) is 15.2. The largest absolute Gasteiger partial charge is 0.489 e. The minimum atomic E-state index is -0.667. The maximum absolute atomic E-state index is 9.81. The Kier molecular flexibility index (Phi) is 7.06. The molecule has 0 heterocycles. The molecule has 0 spiro atoms. The molecule has 6 heteroatoms. The van der Waals surface area contributed by atoms with Gasteiger partial charge in [0.15, 0.2) is 0 Å². The molecule has 20 heavy (non-hydrogen) atoms. The van der Waals surface area contributed by atoms with Crippen LogP contribution in [0.4, 0.5) is 0 Å². The fourth-order valence-corrected chi connectivity index (χ4v) is 1.80. The van der Waals surface area contributed by atoms with Crippen molar-refractivity contribution >= 4 is 23.2 Å². The summed E-state index contributed by atoms with van der Waals surface area (Å²) in [7, 11) is 0. The highest BCUT2D eigenvalue weighted by molar-refractivity contribution is 6.34. The van der Waals surface area contributed by atoms with E-state index in [1.807, 2.05) is 13.8 Å². The quantitative estimate of drug-likeness (QED) is 0.687. The lowest BCUT2D eigenvalue weighted by molar-refractivity contribution is 0.0980. The van der Waals surface area contributed by atoms with Crippen LogP contribution in [0.5, 0.6) is 5.75 Å². The summed E-state index contributed by atoms with van der Waals surface area (Å²) in [6.07, 6.45) is -0.667. The van der Waals surface area contributed by atoms with Gasteiger partial charge in [0.25, 0.3) is 0 Å². The first-order chi connectivity index (χ1) is 9.34. The lowest BCUT2D eigenvalue weighted by Gasteiger charge is -2.23. The summed E-state index contributed by atoms with van der Waals surface area (Å²) in [5, 5.41) is 23.0. The maximum Gasteiger partial charge on any atom is 0.139 e. The fourth-order valence-electron chi connectivity index (χ4n) is 1.47. The van der Waals surface area contributed by atoms with Crippen LogP contribution in [-0.4, -0.2) is 42.6 Å². The third kappa shape index (κ3) is 6.29. The van der Waals surface area contributed by atoms with Crippen LogP contribution >= 0.6 is 23.2 Å². The first kappa shape index (κ1) is 17.5. The Labute approximate surface area is 129 Å². The van der Waals surface area contributed by atoms with E-state index < -0.39 is 6.10 Å². The first-order valence-corrected chi connectivity index (χ1v) is 7.17. The van der Waals surface area contributed by atoms with Gasteiger partial charge in [0.05, 0.1) is 5.02 Å². The summed E-state index contributed by atoms with van der Waals surface area (Å²) in [4.78, 5) is 0. The van der Waals surface area contributed by atoms with Crippen molar-refractivity contribution in [1.29, 1.82) is 0 Å². The molecule has 114 valence electrons. The minimum Gasteiger partial charge on any atom is -0.489 e. The van der Waals surface area contributed by atoms with Crippen molar-refractivity contribution in [2.45, 2.75) is 20.0 Å². The topological polar surface area (TPSA) is 61.7 Å². The first-order valence-electron chi connectivity index (χ1n) is 6.41. The van der Waals surface area contributed by atoms with E-state index in [-0.39, 0.29) is 18.6 Å². The average Bonchev–Trinajstić information content (AvgIpc) is 2.39. The van der Waals surface area contributed by atoms with Crippen LogP contribution in [-0.2, 0) is 0 Å². The number of halogens is 2. The molecule has 3 N–H and O–H groups in total. The average molecular weight is 322 g/mol. The van der Waals surface area contributed by atoms with Gasteiger partial charge in [-0.15, -0.1) is 0 Å². The smallest absolute Gasteiger partial charge is 0.139 e. The van der Waals surface area contributed by atoms with Gasteiger partial charge in [-0.2, -0.15) is 0 Å². The van der Waals surface area contributed by atoms with Crippen LogP contribution in [0.15, 0.2) is 18.2 Å². The van der Waals surface area contributed by atoms with E-state index in [9.17, 15) is 5.11 Å². The molecular weight excluding hydrogens is 301 g/mol. The molecule has 0 aliphatic heterocycles. The van der Waals surface area contributed by atoms with Gasteiger partial charge >= 0.3 is 0 Å². The van der Waals surface area contributed by atoms with Crippen molar-refractivity contribution in [3.63, 3.8) is 0 Å². The highest BCUT2D eigenvalue weighted by Gasteiger charge is 2.16. The number of benzene rings is 1. The van der Waals surface area contributed by atoms with Crippen LogP contribution in [0.2, 0.25) is 10.0 Å². The zero-order valence-electron chi connectivity index (χ0n) is 11.7. The molecule has 0 radical (unpaired) electrons. The summed E-state index contributed by atoms with van der Waals surface area (Å²) < 4.78 is 5.43. The normalized spacial score (nSPS) is 13.3. The highest BCUT2D eigenvalue weighted by atomic mass is 35.5. The van der Waals surface area contributed by atoms with Crippen LogP contribution in [0.25, 0.3) is 0 Å². The second-order valence-corrected chi connectivity index (χ2v) is 6.34. The molecule has 0 saturated carbocycles. The van der Waals surface area contributed by atoms with Crippen molar-refractivity contribution in [3.05, 3.63) is 28.2 Å². The Hall–Kier alpha value is -0.520. The standard InChI is InChI=1S/C14H21Cl2NO3/c1-14(2,9-18)8-17-6-11(19)7-20-13-5-10(15)3-4-12(13)16/h3-5,11,17-19H,6-9H2,1-2H3. The van der Waals surface area contributed by atoms with E-state index in [2.05, 4.69) is 5.32 Å². The molecule has 0 saturated heterocycles. The van der Waals surface area contributed by atoms with Gasteiger partial charge in [-0.25, -0.2) is 0 Å². The molecule has 1 unspecified atom stereocenters. The van der Waals surface area contributed by atoms with Crippen molar-refractivity contribution in [3.8, 4) is 5.75 Å². The summed E-state index contributed by atoms with van der Waals surface area (Å²) in [5.74, 6) is 0.453. The highest BCUT2D eigenvalue weighted by Crippen LogP contribution is 2.27. The monoisotopic (exact) mass is 321 g/mol. The zero-order valence-corrected chi connectivity index (χ0v) is 13.2. The molecule has 0 aliphatic rings. The van der Waals surface area contributed by atoms with Crippen LogP contribution in [0, 0.1) is 5.41 Å². The van der Waals surface area contributed by atoms with Gasteiger partial charge in [-0.05, 0) is 12.1 Å². The Morgan fingerprint density at radius 1 is 1.35 bits per heavy atom. The number of hydrogen-bond donors (Lipinski definition) is 3. The molecule has 1 rings (SSSR count). The predicted octanol–water partition coefficient (Wildman–Crippen LogP) is 2.34. The summed E-state index contributed by atoms with van der Waals surface area (Å²) in [5.41, 5.74) is -0.211. The molecule has 4 nitrogen and oxygen atoms in total. The number of nitrogens with one attached hydrogen (secondary N) is 1. The van der Waals surface area contributed by atoms with Gasteiger partial charge in [-0.1, -0.05) is 37.0 Å². The SMILES string of the molecule is CC(C)(CO)CNCC(O)COc1cc(Cl)ccc1Cl. The van der Waals surface area contributed by atoms with Crippen molar-refractivity contribution in [2.24, 2.45) is 5.41 Å². The summed E-state index contributed by atoms with van der Waals surface area (Å²) >= 11 is 11.8. The summed E-state index contributed by atoms with van der Waals surface area (Å²) in [6, 6.07) is 4.93. The number of ether oxygens (including phenoxy) is 1. The minimum absolute atomic E-state index is 0.0880. The molecule has 1 aromatic rings. The number of rotatable bonds is 8. The maximum atomic E-state index is 9.81. The summed E-state index contributed by atoms with van der Waals surface area (Å²) in [6.45, 7) is 5.07. The second kappa shape index (κ2) is 8.05. The fraction of sp³-hybridized carbons (Fsp3) is 0.571. The Morgan fingerprint density at radius 2 is 2.05 bits per heavy atom. The molecule has 1 atom stereocenters. The predicted molar refractivity (Wildman–Crippen MR) is 81.7 cm³/mol. The van der Waals surface area contributed by atoms with E-state index in [0.29, 0.717) is 28.9 Å². The third-order valence-corrected chi connectivity index (χ3v) is 3.28. The van der Waals surface area contributed by atoms with Crippen molar-refractivity contribution < 1.29 is 14.9 Å². The van der Waals surface area contributed by atoms with E-state index >= 15 is 0 Å². The van der Waals surface area contributed by atoms with Gasteiger partial charge in [0.1, 0.15) is 18.5 Å². The van der Waals surface area contributed by atoms with Crippen molar-refractivity contribution in [2.75, 3.05) is 26.3 Å². The number of aliphatic hydroxyl groups excluding tert-OH is 2. The Morgan fingerprint density at radius 3 is 2.70 bits per heavy atom. The van der Waals surface area contributed by atoms with Crippen LogP contribution in [0.1, 0.15) is 13.8 Å². The molecule has 0 aromatic heterocycles. The van der Waals surface area contributed by atoms with E-state index in [1.54, 1.807) is 18.2 Å². The van der Waals surface area contributed by atoms with E-state index in [0.717, 1.165) is 0 Å². The van der Waals surface area contributed by atoms with Crippen LogP contribution in [0.3, 0.4) is 0 Å². The van der Waals surface area contributed by atoms with Gasteiger partial charge in [-0.3, -0.25) is 0 Å². The van der Waals surface area contributed by atoms with E-state index in [1.165, 1.54) is 0 Å². The van der Waals surface area contributed by atoms with Crippen molar-refractivity contribution in [1.82, 2.24) is 5.32 Å². The van der Waals surface area contributed by atoms with Crippen LogP contribution < -0.4 is 10.1 Å². The molecular formula is C14H21Cl2NO3. The Bertz CT molecular complexity index is 427.